The molecular weight excluding hydrogens is 388 g/mol. The van der Waals surface area contributed by atoms with Crippen molar-refractivity contribution in [1.29, 1.82) is 0 Å². The van der Waals surface area contributed by atoms with Gasteiger partial charge in [0.15, 0.2) is 11.5 Å². The Morgan fingerprint density at radius 1 is 0.967 bits per heavy atom. The van der Waals surface area contributed by atoms with Crippen molar-refractivity contribution >= 4 is 12.2 Å². The number of methoxy groups -OCH3 is 3. The molecule has 1 heterocycles. The first-order valence-electron chi connectivity index (χ1n) is 9.75. The molecule has 0 spiro atoms. The predicted molar refractivity (Wildman–Crippen MR) is 113 cm³/mol. The van der Waals surface area contributed by atoms with Gasteiger partial charge in [-0.3, -0.25) is 0 Å². The predicted octanol–water partition coefficient (Wildman–Crippen LogP) is 3.12. The van der Waals surface area contributed by atoms with Gasteiger partial charge in [0, 0.05) is 24.5 Å². The van der Waals surface area contributed by atoms with E-state index in [0.717, 1.165) is 16.9 Å². The van der Waals surface area contributed by atoms with E-state index in [1.165, 1.54) is 0 Å². The molecule has 162 valence electrons. The van der Waals surface area contributed by atoms with Crippen molar-refractivity contribution in [2.75, 3.05) is 27.9 Å². The molecule has 1 aliphatic rings. The summed E-state index contributed by atoms with van der Waals surface area (Å²) in [5, 5.41) is 19.5. The Bertz CT molecular complexity index is 847. The van der Waals surface area contributed by atoms with Crippen LogP contribution in [0.15, 0.2) is 36.4 Å². The number of ether oxygens (including phenoxy) is 5. The Balaban J connectivity index is 1.91. The minimum atomic E-state index is -0.707. The number of benzene rings is 2. The third-order valence-electron chi connectivity index (χ3n) is 4.88. The lowest BCUT2D eigenvalue weighted by atomic mass is 10.1. The molecule has 30 heavy (non-hydrogen) atoms. The van der Waals surface area contributed by atoms with Crippen molar-refractivity contribution in [3.8, 4) is 23.0 Å². The molecule has 2 aromatic carbocycles. The van der Waals surface area contributed by atoms with Crippen LogP contribution in [0.4, 0.5) is 0 Å². The lowest BCUT2D eigenvalue weighted by Crippen LogP contribution is -2.40. The summed E-state index contributed by atoms with van der Waals surface area (Å²) in [5.41, 5.74) is 1.71. The Hall–Kier alpha value is -2.74. The number of aliphatic hydroxyl groups is 2. The van der Waals surface area contributed by atoms with Crippen LogP contribution in [-0.2, 0) is 4.74 Å². The van der Waals surface area contributed by atoms with Gasteiger partial charge >= 0.3 is 0 Å². The standard InChI is InChI=1S/C23H28O7/c1-26-18-8-5-15(6-9-18)4-7-16-10-19(27-2)13-21(28-3)23(16)30-22-12-17(25)11-20(14-24)29-22/h4-10,13,17,20,22,24-25H,11-12,14H2,1-3H3/b7-4+/t17-,20-,22-/m0/s1. The molecule has 2 aromatic rings. The molecule has 0 radical (unpaired) electrons. The van der Waals surface area contributed by atoms with Crippen LogP contribution in [0.25, 0.3) is 12.2 Å². The average molecular weight is 416 g/mol. The van der Waals surface area contributed by atoms with Gasteiger partial charge in [-0.2, -0.15) is 0 Å². The minimum absolute atomic E-state index is 0.180. The zero-order valence-corrected chi connectivity index (χ0v) is 17.4. The third kappa shape index (κ3) is 5.44. The van der Waals surface area contributed by atoms with E-state index in [1.807, 2.05) is 42.5 Å². The Labute approximate surface area is 176 Å². The summed E-state index contributed by atoms with van der Waals surface area (Å²) in [4.78, 5) is 0. The highest BCUT2D eigenvalue weighted by Crippen LogP contribution is 2.39. The lowest BCUT2D eigenvalue weighted by molar-refractivity contribution is -0.185. The molecule has 1 saturated heterocycles. The zero-order chi connectivity index (χ0) is 21.5. The van der Waals surface area contributed by atoms with Crippen LogP contribution in [-0.4, -0.2) is 56.6 Å². The summed E-state index contributed by atoms with van der Waals surface area (Å²) in [5.74, 6) is 2.35. The van der Waals surface area contributed by atoms with Crippen LogP contribution < -0.4 is 18.9 Å². The first-order chi connectivity index (χ1) is 14.6. The van der Waals surface area contributed by atoms with Crippen molar-refractivity contribution in [3.63, 3.8) is 0 Å². The maximum Gasteiger partial charge on any atom is 0.202 e. The van der Waals surface area contributed by atoms with Crippen molar-refractivity contribution in [2.45, 2.75) is 31.3 Å². The van der Waals surface area contributed by atoms with E-state index in [2.05, 4.69) is 0 Å². The summed E-state index contributed by atoms with van der Waals surface area (Å²) in [6.07, 6.45) is 2.72. The van der Waals surface area contributed by atoms with Gasteiger partial charge in [-0.05, 0) is 23.8 Å². The first-order valence-corrected chi connectivity index (χ1v) is 9.75. The molecule has 0 amide bonds. The summed E-state index contributed by atoms with van der Waals surface area (Å²) in [6, 6.07) is 11.2. The van der Waals surface area contributed by atoms with Crippen LogP contribution in [0.3, 0.4) is 0 Å². The van der Waals surface area contributed by atoms with E-state index in [0.29, 0.717) is 30.1 Å². The Morgan fingerprint density at radius 3 is 2.33 bits per heavy atom. The molecule has 1 fully saturated rings. The second-order valence-corrected chi connectivity index (χ2v) is 6.97. The summed E-state index contributed by atoms with van der Waals surface area (Å²) >= 11 is 0. The maximum absolute atomic E-state index is 10.1. The largest absolute Gasteiger partial charge is 0.497 e. The van der Waals surface area contributed by atoms with Crippen LogP contribution in [0, 0.1) is 0 Å². The van der Waals surface area contributed by atoms with Crippen molar-refractivity contribution in [2.24, 2.45) is 0 Å². The molecular formula is C23H28O7. The quantitative estimate of drug-likeness (QED) is 0.640. The van der Waals surface area contributed by atoms with Crippen molar-refractivity contribution in [1.82, 2.24) is 0 Å². The fraction of sp³-hybridized carbons (Fsp3) is 0.391. The molecule has 3 rings (SSSR count). The second-order valence-electron chi connectivity index (χ2n) is 6.97. The van der Waals surface area contributed by atoms with Crippen LogP contribution in [0.5, 0.6) is 23.0 Å². The maximum atomic E-state index is 10.1. The van der Waals surface area contributed by atoms with E-state index in [9.17, 15) is 10.2 Å². The van der Waals surface area contributed by atoms with Gasteiger partial charge in [0.25, 0.3) is 0 Å². The molecule has 0 saturated carbocycles. The average Bonchev–Trinajstić information content (AvgIpc) is 2.78. The fourth-order valence-electron chi connectivity index (χ4n) is 3.29. The van der Waals surface area contributed by atoms with E-state index in [1.54, 1.807) is 27.4 Å². The van der Waals surface area contributed by atoms with Crippen molar-refractivity contribution < 1.29 is 33.9 Å². The third-order valence-corrected chi connectivity index (χ3v) is 4.88. The van der Waals surface area contributed by atoms with Crippen molar-refractivity contribution in [3.05, 3.63) is 47.5 Å². The number of aliphatic hydroxyl groups excluding tert-OH is 2. The van der Waals surface area contributed by atoms with Gasteiger partial charge in [-0.1, -0.05) is 24.3 Å². The van der Waals surface area contributed by atoms with Gasteiger partial charge in [0.05, 0.1) is 40.1 Å². The molecule has 7 heteroatoms. The molecule has 7 nitrogen and oxygen atoms in total. The van der Waals surface area contributed by atoms with Crippen LogP contribution in [0.1, 0.15) is 24.0 Å². The van der Waals surface area contributed by atoms with Gasteiger partial charge in [0.1, 0.15) is 11.5 Å². The highest BCUT2D eigenvalue weighted by molar-refractivity contribution is 5.75. The number of hydrogen-bond donors (Lipinski definition) is 2. The molecule has 0 aliphatic carbocycles. The molecule has 1 aliphatic heterocycles. The zero-order valence-electron chi connectivity index (χ0n) is 17.4. The summed E-state index contributed by atoms with van der Waals surface area (Å²) in [6.45, 7) is -0.180. The lowest BCUT2D eigenvalue weighted by Gasteiger charge is -2.32. The van der Waals surface area contributed by atoms with Gasteiger partial charge in [-0.15, -0.1) is 0 Å². The smallest absolute Gasteiger partial charge is 0.202 e. The SMILES string of the molecule is COc1ccc(/C=C/c2cc(OC)cc(OC)c2O[C@H]2C[C@@H](O)C[C@@H](CO)O2)cc1. The highest BCUT2D eigenvalue weighted by atomic mass is 16.7. The molecule has 0 unspecified atom stereocenters. The molecule has 0 aromatic heterocycles. The van der Waals surface area contributed by atoms with Gasteiger partial charge < -0.3 is 33.9 Å². The van der Waals surface area contributed by atoms with E-state index in [4.69, 9.17) is 23.7 Å². The monoisotopic (exact) mass is 416 g/mol. The molecule has 0 bridgehead atoms. The topological polar surface area (TPSA) is 86.6 Å². The Kier molecular flexibility index (Phi) is 7.57. The molecule has 2 N–H and O–H groups in total. The van der Waals surface area contributed by atoms with Gasteiger partial charge in [-0.25, -0.2) is 0 Å². The van der Waals surface area contributed by atoms with E-state index < -0.39 is 18.5 Å². The minimum Gasteiger partial charge on any atom is -0.497 e. The highest BCUT2D eigenvalue weighted by Gasteiger charge is 2.30. The van der Waals surface area contributed by atoms with E-state index >= 15 is 0 Å². The van der Waals surface area contributed by atoms with Crippen LogP contribution >= 0.6 is 0 Å². The second kappa shape index (κ2) is 10.3. The first kappa shape index (κ1) is 22.0. The van der Waals surface area contributed by atoms with E-state index in [-0.39, 0.29) is 6.61 Å². The number of rotatable bonds is 8. The van der Waals surface area contributed by atoms with Gasteiger partial charge in [0.2, 0.25) is 6.29 Å². The Morgan fingerprint density at radius 2 is 1.70 bits per heavy atom. The molecule has 3 atom stereocenters. The summed E-state index contributed by atoms with van der Waals surface area (Å²) in [7, 11) is 4.76. The fourth-order valence-corrected chi connectivity index (χ4v) is 3.29. The normalized spacial score (nSPS) is 21.4. The number of hydrogen-bond acceptors (Lipinski definition) is 7. The summed E-state index contributed by atoms with van der Waals surface area (Å²) < 4.78 is 27.9. The van der Waals surface area contributed by atoms with Crippen LogP contribution in [0.2, 0.25) is 0 Å².